The minimum Gasteiger partial charge on any atom is -0.487 e. The molecule has 2 aliphatic rings. The molecule has 0 saturated heterocycles. The summed E-state index contributed by atoms with van der Waals surface area (Å²) in [6, 6.07) is 13.3. The van der Waals surface area contributed by atoms with Crippen molar-refractivity contribution in [1.82, 2.24) is 14.9 Å². The van der Waals surface area contributed by atoms with Gasteiger partial charge in [0.05, 0.1) is 5.02 Å². The Balaban J connectivity index is 1.65. The number of likely N-dealkylation sites (N-methyl/N-ethyl adjacent to an activating group) is 1. The number of aliphatic imine (C=N–C) groups is 1. The fourth-order valence-electron chi connectivity index (χ4n) is 4.60. The lowest BCUT2D eigenvalue weighted by atomic mass is 9.74. The Morgan fingerprint density at radius 3 is 2.72 bits per heavy atom. The second-order valence-corrected chi connectivity index (χ2v) is 8.96. The standard InChI is InChI=1S/C24H22ClN5O2/c1-23(11-18-5-3-4-8-28-18)14-24(21(31)30(2)22(26)29-24)19-10-15(6-7-20(19)32-23)16-9-17(25)13-27-12-16/h3-10,12-13H,11,14H2,1-2H3,(H2,26,29). The average Bonchev–Trinajstić information content (AvgIpc) is 2.97. The van der Waals surface area contributed by atoms with Gasteiger partial charge in [-0.2, -0.15) is 0 Å². The number of pyridine rings is 2. The lowest BCUT2D eigenvalue weighted by Gasteiger charge is -2.43. The summed E-state index contributed by atoms with van der Waals surface area (Å²) in [7, 11) is 1.64. The maximum absolute atomic E-state index is 13.5. The first-order valence-corrected chi connectivity index (χ1v) is 10.7. The summed E-state index contributed by atoms with van der Waals surface area (Å²) in [4.78, 5) is 28.3. The first-order chi connectivity index (χ1) is 15.3. The number of carbonyl (C=O) groups excluding carboxylic acids is 1. The van der Waals surface area contributed by atoms with Crippen molar-refractivity contribution < 1.29 is 9.53 Å². The van der Waals surface area contributed by atoms with Gasteiger partial charge in [-0.1, -0.05) is 23.7 Å². The highest BCUT2D eigenvalue weighted by Crippen LogP contribution is 2.50. The largest absolute Gasteiger partial charge is 0.487 e. The van der Waals surface area contributed by atoms with E-state index in [0.29, 0.717) is 29.2 Å². The number of carbonyl (C=O) groups is 1. The molecule has 5 rings (SSSR count). The van der Waals surface area contributed by atoms with Crippen molar-refractivity contribution >= 4 is 23.5 Å². The monoisotopic (exact) mass is 447 g/mol. The molecule has 1 spiro atoms. The number of aromatic nitrogens is 2. The summed E-state index contributed by atoms with van der Waals surface area (Å²) >= 11 is 6.14. The van der Waals surface area contributed by atoms with E-state index in [2.05, 4.69) is 9.97 Å². The van der Waals surface area contributed by atoms with Gasteiger partial charge in [0.1, 0.15) is 11.4 Å². The highest BCUT2D eigenvalue weighted by molar-refractivity contribution is 6.30. The van der Waals surface area contributed by atoms with Crippen LogP contribution in [0.5, 0.6) is 5.75 Å². The SMILES string of the molecule is CN1C(=O)C2(CC(C)(Cc3ccccn3)Oc3ccc(-c4cncc(Cl)c4)cc32)N=C1N. The summed E-state index contributed by atoms with van der Waals surface area (Å²) in [5.74, 6) is 0.625. The summed E-state index contributed by atoms with van der Waals surface area (Å²) in [6.45, 7) is 1.98. The molecule has 0 fully saturated rings. The molecule has 162 valence electrons. The third-order valence-corrected chi connectivity index (χ3v) is 6.24. The van der Waals surface area contributed by atoms with E-state index in [9.17, 15) is 4.79 Å². The molecule has 2 atom stereocenters. The molecule has 2 unspecified atom stereocenters. The number of rotatable bonds is 3. The van der Waals surface area contributed by atoms with E-state index in [4.69, 9.17) is 27.1 Å². The molecule has 0 aliphatic carbocycles. The molecule has 1 amide bonds. The van der Waals surface area contributed by atoms with E-state index in [1.54, 1.807) is 25.6 Å². The molecule has 2 N–H and O–H groups in total. The topological polar surface area (TPSA) is 93.7 Å². The highest BCUT2D eigenvalue weighted by atomic mass is 35.5. The number of amides is 1. The van der Waals surface area contributed by atoms with E-state index < -0.39 is 11.1 Å². The maximum Gasteiger partial charge on any atom is 0.261 e. The third kappa shape index (κ3) is 3.29. The van der Waals surface area contributed by atoms with Gasteiger partial charge in [0.15, 0.2) is 11.5 Å². The Kier molecular flexibility index (Phi) is 4.67. The Morgan fingerprint density at radius 1 is 1.19 bits per heavy atom. The molecular weight excluding hydrogens is 426 g/mol. The maximum atomic E-state index is 13.5. The van der Waals surface area contributed by atoms with Crippen LogP contribution in [0.4, 0.5) is 0 Å². The number of hydrogen-bond donors (Lipinski definition) is 1. The van der Waals surface area contributed by atoms with Crippen LogP contribution in [0.25, 0.3) is 11.1 Å². The van der Waals surface area contributed by atoms with Gasteiger partial charge in [0.2, 0.25) is 0 Å². The van der Waals surface area contributed by atoms with Gasteiger partial charge in [-0.3, -0.25) is 19.7 Å². The molecule has 0 bridgehead atoms. The zero-order valence-electron chi connectivity index (χ0n) is 17.7. The molecule has 4 heterocycles. The first kappa shape index (κ1) is 20.5. The van der Waals surface area contributed by atoms with Gasteiger partial charge in [0.25, 0.3) is 5.91 Å². The van der Waals surface area contributed by atoms with Crippen LogP contribution in [0, 0.1) is 0 Å². The van der Waals surface area contributed by atoms with Crippen LogP contribution >= 0.6 is 11.6 Å². The fourth-order valence-corrected chi connectivity index (χ4v) is 4.78. The number of nitrogens with zero attached hydrogens (tertiary/aromatic N) is 4. The number of hydrogen-bond acceptors (Lipinski definition) is 6. The van der Waals surface area contributed by atoms with Crippen molar-refractivity contribution in [2.75, 3.05) is 7.05 Å². The average molecular weight is 448 g/mol. The van der Waals surface area contributed by atoms with Gasteiger partial charge < -0.3 is 10.5 Å². The van der Waals surface area contributed by atoms with Crippen molar-refractivity contribution in [3.05, 3.63) is 77.3 Å². The lowest BCUT2D eigenvalue weighted by Crippen LogP contribution is -2.51. The summed E-state index contributed by atoms with van der Waals surface area (Å²) in [5.41, 5.74) is 7.52. The zero-order chi connectivity index (χ0) is 22.5. The van der Waals surface area contributed by atoms with E-state index in [0.717, 1.165) is 16.8 Å². The van der Waals surface area contributed by atoms with Crippen LogP contribution in [-0.4, -0.2) is 39.4 Å². The first-order valence-electron chi connectivity index (χ1n) is 10.3. The van der Waals surface area contributed by atoms with E-state index in [1.807, 2.05) is 49.4 Å². The predicted octanol–water partition coefficient (Wildman–Crippen LogP) is 3.56. The van der Waals surface area contributed by atoms with E-state index >= 15 is 0 Å². The zero-order valence-corrected chi connectivity index (χ0v) is 18.5. The normalized spacial score (nSPS) is 24.3. The molecule has 2 aliphatic heterocycles. The second-order valence-electron chi connectivity index (χ2n) is 8.52. The highest BCUT2D eigenvalue weighted by Gasteiger charge is 2.56. The lowest BCUT2D eigenvalue weighted by molar-refractivity contribution is -0.133. The quantitative estimate of drug-likeness (QED) is 0.662. The Labute approximate surface area is 190 Å². The molecule has 0 saturated carbocycles. The number of fused-ring (bicyclic) bond motifs is 2. The number of halogens is 1. The summed E-state index contributed by atoms with van der Waals surface area (Å²) in [6.07, 6.45) is 5.93. The minimum atomic E-state index is -1.17. The van der Waals surface area contributed by atoms with E-state index in [1.165, 1.54) is 4.90 Å². The van der Waals surface area contributed by atoms with Crippen LogP contribution in [-0.2, 0) is 16.8 Å². The van der Waals surface area contributed by atoms with Gasteiger partial charge in [-0.25, -0.2) is 4.99 Å². The predicted molar refractivity (Wildman–Crippen MR) is 122 cm³/mol. The van der Waals surface area contributed by atoms with Crippen molar-refractivity contribution in [2.24, 2.45) is 10.7 Å². The molecule has 0 radical (unpaired) electrons. The smallest absolute Gasteiger partial charge is 0.261 e. The van der Waals surface area contributed by atoms with Crippen LogP contribution in [0.2, 0.25) is 5.02 Å². The Hall–Kier alpha value is -3.45. The molecule has 2 aromatic heterocycles. The number of guanidine groups is 1. The molecular formula is C24H22ClN5O2. The third-order valence-electron chi connectivity index (χ3n) is 6.04. The van der Waals surface area contributed by atoms with Gasteiger partial charge >= 0.3 is 0 Å². The Morgan fingerprint density at radius 2 is 2.03 bits per heavy atom. The molecule has 7 nitrogen and oxygen atoms in total. The fraction of sp³-hybridized carbons (Fsp3) is 0.250. The minimum absolute atomic E-state index is 0.173. The number of benzene rings is 1. The molecule has 1 aromatic carbocycles. The van der Waals surface area contributed by atoms with Crippen molar-refractivity contribution in [3.63, 3.8) is 0 Å². The van der Waals surface area contributed by atoms with E-state index in [-0.39, 0.29) is 11.9 Å². The van der Waals surface area contributed by atoms with Gasteiger partial charge in [-0.15, -0.1) is 0 Å². The molecule has 32 heavy (non-hydrogen) atoms. The number of nitrogens with two attached hydrogens (primary N) is 1. The van der Waals surface area contributed by atoms with Crippen LogP contribution in [0.3, 0.4) is 0 Å². The van der Waals surface area contributed by atoms with Crippen molar-refractivity contribution in [3.8, 4) is 16.9 Å². The van der Waals surface area contributed by atoms with Gasteiger partial charge in [-0.05, 0) is 42.8 Å². The summed E-state index contributed by atoms with van der Waals surface area (Å²) < 4.78 is 6.48. The second kappa shape index (κ2) is 7.31. The van der Waals surface area contributed by atoms with Crippen LogP contribution in [0.15, 0.2) is 66.0 Å². The van der Waals surface area contributed by atoms with Crippen molar-refractivity contribution in [2.45, 2.75) is 30.9 Å². The molecule has 8 heteroatoms. The van der Waals surface area contributed by atoms with Crippen LogP contribution in [0.1, 0.15) is 24.6 Å². The van der Waals surface area contributed by atoms with Gasteiger partial charge in [0, 0.05) is 55.3 Å². The summed E-state index contributed by atoms with van der Waals surface area (Å²) in [5, 5.41) is 0.535. The van der Waals surface area contributed by atoms with Crippen molar-refractivity contribution in [1.29, 1.82) is 0 Å². The Bertz CT molecular complexity index is 1250. The molecule has 3 aromatic rings. The van der Waals surface area contributed by atoms with Crippen LogP contribution < -0.4 is 10.5 Å². The number of ether oxygens (including phenoxy) is 1.